The first-order valence-corrected chi connectivity index (χ1v) is 9.40. The maximum Gasteiger partial charge on any atom is 0.123 e. The summed E-state index contributed by atoms with van der Waals surface area (Å²) in [5.74, 6) is 2.32. The maximum atomic E-state index is 12.8. The van der Waals surface area contributed by atoms with Gasteiger partial charge in [0.05, 0.1) is 6.61 Å². The van der Waals surface area contributed by atoms with Crippen LogP contribution in [0.3, 0.4) is 0 Å². The zero-order valence-corrected chi connectivity index (χ0v) is 14.2. The fourth-order valence-corrected chi connectivity index (χ4v) is 4.07. The lowest BCUT2D eigenvalue weighted by Gasteiger charge is -2.35. The van der Waals surface area contributed by atoms with E-state index in [9.17, 15) is 4.39 Å². The summed E-state index contributed by atoms with van der Waals surface area (Å²) in [4.78, 5) is 2.69. The molecule has 2 fully saturated rings. The minimum absolute atomic E-state index is 0.206. The third kappa shape index (κ3) is 5.49. The van der Waals surface area contributed by atoms with E-state index in [1.807, 2.05) is 0 Å². The molecule has 23 heavy (non-hydrogen) atoms. The molecule has 1 heterocycles. The lowest BCUT2D eigenvalue weighted by Crippen LogP contribution is -2.37. The van der Waals surface area contributed by atoms with Gasteiger partial charge in [0, 0.05) is 6.54 Å². The zero-order valence-electron chi connectivity index (χ0n) is 14.2. The molecule has 1 saturated carbocycles. The molecule has 1 aliphatic heterocycles. The summed E-state index contributed by atoms with van der Waals surface area (Å²) in [6.45, 7) is 4.60. The molecule has 1 saturated heterocycles. The molecule has 128 valence electrons. The smallest absolute Gasteiger partial charge is 0.123 e. The minimum Gasteiger partial charge on any atom is -0.494 e. The summed E-state index contributed by atoms with van der Waals surface area (Å²) < 4.78 is 18.6. The van der Waals surface area contributed by atoms with Gasteiger partial charge in [0.2, 0.25) is 0 Å². The highest BCUT2D eigenvalue weighted by Crippen LogP contribution is 2.27. The normalized spacial score (nSPS) is 21.4. The number of halogens is 1. The van der Waals surface area contributed by atoms with Crippen LogP contribution in [0.25, 0.3) is 0 Å². The predicted molar refractivity (Wildman–Crippen MR) is 92.3 cm³/mol. The average molecular weight is 319 g/mol. The van der Waals surface area contributed by atoms with Crippen molar-refractivity contribution in [1.82, 2.24) is 4.90 Å². The Morgan fingerprint density at radius 2 is 1.61 bits per heavy atom. The lowest BCUT2D eigenvalue weighted by molar-refractivity contribution is 0.134. The van der Waals surface area contributed by atoms with Crippen molar-refractivity contribution in [3.05, 3.63) is 30.1 Å². The Hall–Kier alpha value is -1.09. The van der Waals surface area contributed by atoms with Gasteiger partial charge in [-0.05, 0) is 81.3 Å². The molecule has 1 aromatic carbocycles. The van der Waals surface area contributed by atoms with Crippen molar-refractivity contribution in [2.45, 2.75) is 51.4 Å². The number of benzene rings is 1. The zero-order chi connectivity index (χ0) is 15.9. The molecule has 1 aliphatic carbocycles. The summed E-state index contributed by atoms with van der Waals surface area (Å²) in [7, 11) is 0. The quantitative estimate of drug-likeness (QED) is 0.740. The highest BCUT2D eigenvalue weighted by atomic mass is 19.1. The largest absolute Gasteiger partial charge is 0.494 e. The van der Waals surface area contributed by atoms with E-state index < -0.39 is 0 Å². The van der Waals surface area contributed by atoms with E-state index in [1.54, 1.807) is 12.1 Å². The summed E-state index contributed by atoms with van der Waals surface area (Å²) >= 11 is 0. The molecule has 0 aromatic heterocycles. The molecule has 1 aromatic rings. The Morgan fingerprint density at radius 1 is 0.913 bits per heavy atom. The molecular formula is C20H30FNO. The third-order valence-corrected chi connectivity index (χ3v) is 5.56. The lowest BCUT2D eigenvalue weighted by atomic mass is 9.87. The van der Waals surface area contributed by atoms with E-state index in [0.29, 0.717) is 0 Å². The maximum absolute atomic E-state index is 12.8. The van der Waals surface area contributed by atoms with Gasteiger partial charge in [0.25, 0.3) is 0 Å². The standard InChI is InChI=1S/C20H30FNO/c21-19-6-8-20(9-7-19)23-15-12-17-10-13-22(14-11-17)16-18-4-2-1-3-5-18/h6-9,17-18H,1-5,10-16H2. The van der Waals surface area contributed by atoms with Crippen LogP contribution in [0.4, 0.5) is 4.39 Å². The van der Waals surface area contributed by atoms with Crippen LogP contribution in [0.5, 0.6) is 5.75 Å². The van der Waals surface area contributed by atoms with Crippen LogP contribution in [-0.2, 0) is 0 Å². The number of rotatable bonds is 6. The number of hydrogen-bond acceptors (Lipinski definition) is 2. The molecule has 0 amide bonds. The fourth-order valence-electron chi connectivity index (χ4n) is 4.07. The molecule has 0 N–H and O–H groups in total. The fraction of sp³-hybridized carbons (Fsp3) is 0.700. The number of hydrogen-bond donors (Lipinski definition) is 0. The van der Waals surface area contributed by atoms with Crippen molar-refractivity contribution in [2.24, 2.45) is 11.8 Å². The second-order valence-electron chi connectivity index (χ2n) is 7.34. The van der Waals surface area contributed by atoms with Crippen molar-refractivity contribution < 1.29 is 9.13 Å². The van der Waals surface area contributed by atoms with Gasteiger partial charge < -0.3 is 9.64 Å². The van der Waals surface area contributed by atoms with Gasteiger partial charge in [0.1, 0.15) is 11.6 Å². The van der Waals surface area contributed by atoms with E-state index in [-0.39, 0.29) is 5.82 Å². The SMILES string of the molecule is Fc1ccc(OCCC2CCN(CC3CCCCC3)CC2)cc1. The highest BCUT2D eigenvalue weighted by Gasteiger charge is 2.22. The van der Waals surface area contributed by atoms with Gasteiger partial charge in [-0.3, -0.25) is 0 Å². The van der Waals surface area contributed by atoms with Gasteiger partial charge >= 0.3 is 0 Å². The van der Waals surface area contributed by atoms with Crippen molar-refractivity contribution >= 4 is 0 Å². The van der Waals surface area contributed by atoms with E-state index >= 15 is 0 Å². The Balaban J connectivity index is 1.30. The van der Waals surface area contributed by atoms with Crippen LogP contribution in [0, 0.1) is 17.7 Å². The van der Waals surface area contributed by atoms with Crippen LogP contribution in [0.1, 0.15) is 51.4 Å². The topological polar surface area (TPSA) is 12.5 Å². The molecule has 3 heteroatoms. The van der Waals surface area contributed by atoms with Crippen LogP contribution in [-0.4, -0.2) is 31.1 Å². The van der Waals surface area contributed by atoms with Gasteiger partial charge in [-0.25, -0.2) is 4.39 Å². The number of nitrogens with zero attached hydrogens (tertiary/aromatic N) is 1. The van der Waals surface area contributed by atoms with E-state index in [1.165, 1.54) is 76.7 Å². The van der Waals surface area contributed by atoms with Crippen LogP contribution >= 0.6 is 0 Å². The minimum atomic E-state index is -0.206. The van der Waals surface area contributed by atoms with E-state index in [0.717, 1.165) is 30.6 Å². The highest BCUT2D eigenvalue weighted by molar-refractivity contribution is 5.21. The molecule has 2 nitrogen and oxygen atoms in total. The van der Waals surface area contributed by atoms with Gasteiger partial charge in [0.15, 0.2) is 0 Å². The summed E-state index contributed by atoms with van der Waals surface area (Å²) in [5.41, 5.74) is 0. The van der Waals surface area contributed by atoms with Crippen molar-refractivity contribution in [3.8, 4) is 5.75 Å². The molecular weight excluding hydrogens is 289 g/mol. The first-order valence-electron chi connectivity index (χ1n) is 9.40. The van der Waals surface area contributed by atoms with Gasteiger partial charge in [-0.15, -0.1) is 0 Å². The van der Waals surface area contributed by atoms with Crippen molar-refractivity contribution in [1.29, 1.82) is 0 Å². The van der Waals surface area contributed by atoms with Crippen LogP contribution in [0.15, 0.2) is 24.3 Å². The molecule has 0 unspecified atom stereocenters. The van der Waals surface area contributed by atoms with Gasteiger partial charge in [-0.1, -0.05) is 19.3 Å². The molecule has 0 atom stereocenters. The summed E-state index contributed by atoms with van der Waals surface area (Å²) in [6.07, 6.45) is 11.0. The van der Waals surface area contributed by atoms with Crippen molar-refractivity contribution in [3.63, 3.8) is 0 Å². The molecule has 0 spiro atoms. The number of ether oxygens (including phenoxy) is 1. The Labute approximate surface area is 140 Å². The van der Waals surface area contributed by atoms with Crippen LogP contribution in [0.2, 0.25) is 0 Å². The molecule has 2 aliphatic rings. The Morgan fingerprint density at radius 3 is 2.30 bits per heavy atom. The molecule has 0 bridgehead atoms. The average Bonchev–Trinajstić information content (AvgIpc) is 2.59. The predicted octanol–water partition coefficient (Wildman–Crippen LogP) is 4.89. The first-order chi connectivity index (χ1) is 11.3. The molecule has 0 radical (unpaired) electrons. The second kappa shape index (κ2) is 8.68. The Bertz CT molecular complexity index is 447. The van der Waals surface area contributed by atoms with E-state index in [2.05, 4.69) is 4.90 Å². The number of likely N-dealkylation sites (tertiary alicyclic amines) is 1. The first kappa shape index (κ1) is 16.8. The Kier molecular flexibility index (Phi) is 6.32. The summed E-state index contributed by atoms with van der Waals surface area (Å²) in [5, 5.41) is 0. The van der Waals surface area contributed by atoms with Crippen molar-refractivity contribution in [2.75, 3.05) is 26.2 Å². The van der Waals surface area contributed by atoms with Crippen LogP contribution < -0.4 is 4.74 Å². The van der Waals surface area contributed by atoms with Gasteiger partial charge in [-0.2, -0.15) is 0 Å². The van der Waals surface area contributed by atoms with E-state index in [4.69, 9.17) is 4.74 Å². The molecule has 3 rings (SSSR count). The third-order valence-electron chi connectivity index (χ3n) is 5.56. The monoisotopic (exact) mass is 319 g/mol. The summed E-state index contributed by atoms with van der Waals surface area (Å²) in [6, 6.07) is 6.34. The number of piperidine rings is 1. The second-order valence-corrected chi connectivity index (χ2v) is 7.34.